The van der Waals surface area contributed by atoms with Crippen LogP contribution < -0.4 is 5.73 Å². The van der Waals surface area contributed by atoms with Gasteiger partial charge in [-0.05, 0) is 6.42 Å². The molecule has 0 radical (unpaired) electrons. The fourth-order valence-corrected chi connectivity index (χ4v) is 1.84. The Morgan fingerprint density at radius 2 is 2.35 bits per heavy atom. The van der Waals surface area contributed by atoms with E-state index in [0.29, 0.717) is 19.0 Å². The molecule has 0 fully saturated rings. The number of ether oxygens (including phenoxy) is 1. The molecule has 0 aliphatic rings. The summed E-state index contributed by atoms with van der Waals surface area (Å²) in [5.74, 6) is 0.147. The average Bonchev–Trinajstić information content (AvgIpc) is 2.99. The standard InChI is InChI=1S/C12H18N6O2/c1-3-11(20-9(2)19)8-18-7-10(15-16-18)6-17-5-4-14-12(17)13/h4-5,7,11H,3,6,8H2,1-2H3,(H2,13,14). The van der Waals surface area contributed by atoms with E-state index in [1.807, 2.05) is 13.1 Å². The van der Waals surface area contributed by atoms with Gasteiger partial charge in [-0.15, -0.1) is 5.10 Å². The van der Waals surface area contributed by atoms with Gasteiger partial charge in [-0.1, -0.05) is 12.1 Å². The molecule has 0 amide bonds. The number of rotatable bonds is 6. The van der Waals surface area contributed by atoms with E-state index in [4.69, 9.17) is 10.5 Å². The summed E-state index contributed by atoms with van der Waals surface area (Å²) in [5.41, 5.74) is 6.46. The first kappa shape index (κ1) is 14.0. The van der Waals surface area contributed by atoms with Crippen LogP contribution in [0.2, 0.25) is 0 Å². The van der Waals surface area contributed by atoms with E-state index in [2.05, 4.69) is 15.3 Å². The maximum Gasteiger partial charge on any atom is 0.302 e. The number of nitrogens with zero attached hydrogens (tertiary/aromatic N) is 5. The molecule has 2 aromatic heterocycles. The van der Waals surface area contributed by atoms with Crippen molar-refractivity contribution in [2.75, 3.05) is 5.73 Å². The number of anilines is 1. The molecular weight excluding hydrogens is 260 g/mol. The van der Waals surface area contributed by atoms with Gasteiger partial charge in [0.15, 0.2) is 5.95 Å². The molecule has 1 unspecified atom stereocenters. The van der Waals surface area contributed by atoms with Crippen molar-refractivity contribution >= 4 is 11.9 Å². The largest absolute Gasteiger partial charge is 0.461 e. The zero-order valence-corrected chi connectivity index (χ0v) is 11.6. The van der Waals surface area contributed by atoms with Crippen LogP contribution in [0, 0.1) is 0 Å². The summed E-state index contributed by atoms with van der Waals surface area (Å²) in [6, 6.07) is 0. The Kier molecular flexibility index (Phi) is 4.34. The minimum absolute atomic E-state index is 0.194. The molecular formula is C12H18N6O2. The van der Waals surface area contributed by atoms with Crippen molar-refractivity contribution in [1.29, 1.82) is 0 Å². The normalized spacial score (nSPS) is 12.3. The van der Waals surface area contributed by atoms with Gasteiger partial charge in [0.05, 0.1) is 19.3 Å². The minimum Gasteiger partial charge on any atom is -0.461 e. The molecule has 0 aromatic carbocycles. The molecule has 0 spiro atoms. The Morgan fingerprint density at radius 3 is 2.95 bits per heavy atom. The molecule has 0 aliphatic heterocycles. The molecule has 0 saturated carbocycles. The second kappa shape index (κ2) is 6.18. The Balaban J connectivity index is 1.98. The molecule has 1 atom stereocenters. The van der Waals surface area contributed by atoms with E-state index in [1.165, 1.54) is 6.92 Å². The molecule has 2 N–H and O–H groups in total. The van der Waals surface area contributed by atoms with Gasteiger partial charge < -0.3 is 15.0 Å². The first-order valence-electron chi connectivity index (χ1n) is 6.41. The van der Waals surface area contributed by atoms with Crippen molar-refractivity contribution in [1.82, 2.24) is 24.5 Å². The van der Waals surface area contributed by atoms with Gasteiger partial charge >= 0.3 is 5.97 Å². The number of imidazole rings is 1. The highest BCUT2D eigenvalue weighted by Gasteiger charge is 2.12. The lowest BCUT2D eigenvalue weighted by Gasteiger charge is -2.14. The second-order valence-electron chi connectivity index (χ2n) is 4.48. The van der Waals surface area contributed by atoms with Crippen molar-refractivity contribution in [3.63, 3.8) is 0 Å². The van der Waals surface area contributed by atoms with Crippen LogP contribution in [0.1, 0.15) is 26.0 Å². The highest BCUT2D eigenvalue weighted by atomic mass is 16.5. The van der Waals surface area contributed by atoms with Gasteiger partial charge in [-0.2, -0.15) is 0 Å². The summed E-state index contributed by atoms with van der Waals surface area (Å²) in [6.07, 6.45) is 5.75. The lowest BCUT2D eigenvalue weighted by Crippen LogP contribution is -2.22. The lowest BCUT2D eigenvalue weighted by molar-refractivity contribution is -0.147. The Labute approximate surface area is 116 Å². The summed E-state index contributed by atoms with van der Waals surface area (Å²) in [4.78, 5) is 14.9. The van der Waals surface area contributed by atoms with Gasteiger partial charge in [0.2, 0.25) is 0 Å². The number of carbonyl (C=O) groups is 1. The van der Waals surface area contributed by atoms with Crippen molar-refractivity contribution < 1.29 is 9.53 Å². The average molecular weight is 278 g/mol. The van der Waals surface area contributed by atoms with Gasteiger partial charge in [-0.25, -0.2) is 9.67 Å². The maximum atomic E-state index is 11.0. The second-order valence-corrected chi connectivity index (χ2v) is 4.48. The third kappa shape index (κ3) is 3.56. The smallest absolute Gasteiger partial charge is 0.302 e. The van der Waals surface area contributed by atoms with Gasteiger partial charge in [0.1, 0.15) is 11.8 Å². The topological polar surface area (TPSA) is 101 Å². The fourth-order valence-electron chi connectivity index (χ4n) is 1.84. The van der Waals surface area contributed by atoms with Gasteiger partial charge in [0.25, 0.3) is 0 Å². The van der Waals surface area contributed by atoms with Crippen LogP contribution in [0.25, 0.3) is 0 Å². The molecule has 2 rings (SSSR count). The minimum atomic E-state index is -0.289. The maximum absolute atomic E-state index is 11.0. The number of esters is 1. The molecule has 108 valence electrons. The van der Waals surface area contributed by atoms with Crippen LogP contribution in [-0.2, 0) is 22.6 Å². The van der Waals surface area contributed by atoms with Crippen LogP contribution in [0.4, 0.5) is 5.95 Å². The van der Waals surface area contributed by atoms with Crippen molar-refractivity contribution in [3.8, 4) is 0 Å². The summed E-state index contributed by atoms with van der Waals surface area (Å²) in [5, 5.41) is 8.09. The first-order valence-corrected chi connectivity index (χ1v) is 6.41. The van der Waals surface area contributed by atoms with Crippen LogP contribution >= 0.6 is 0 Å². The quantitative estimate of drug-likeness (QED) is 0.770. The summed E-state index contributed by atoms with van der Waals surface area (Å²) < 4.78 is 8.62. The lowest BCUT2D eigenvalue weighted by atomic mass is 10.3. The molecule has 0 bridgehead atoms. The van der Waals surface area contributed by atoms with Crippen LogP contribution in [0.15, 0.2) is 18.6 Å². The van der Waals surface area contributed by atoms with Crippen molar-refractivity contribution in [3.05, 3.63) is 24.3 Å². The molecule has 2 heterocycles. The number of hydrogen-bond acceptors (Lipinski definition) is 6. The molecule has 8 nitrogen and oxygen atoms in total. The van der Waals surface area contributed by atoms with Gasteiger partial charge in [0, 0.05) is 19.3 Å². The first-order chi connectivity index (χ1) is 9.58. The summed E-state index contributed by atoms with van der Waals surface area (Å²) in [7, 11) is 0. The summed E-state index contributed by atoms with van der Waals surface area (Å²) >= 11 is 0. The number of nitrogen functional groups attached to an aromatic ring is 1. The number of carbonyl (C=O) groups excluding carboxylic acids is 1. The predicted molar refractivity (Wildman–Crippen MR) is 71.6 cm³/mol. The SMILES string of the molecule is CCC(Cn1cc(Cn2ccnc2N)nn1)OC(C)=O. The van der Waals surface area contributed by atoms with Gasteiger partial charge in [-0.3, -0.25) is 4.79 Å². The number of nitrogens with two attached hydrogens (primary N) is 1. The predicted octanol–water partition coefficient (Wildman–Crippen LogP) is 0.447. The van der Waals surface area contributed by atoms with Crippen LogP contribution in [0.5, 0.6) is 0 Å². The van der Waals surface area contributed by atoms with Crippen molar-refractivity contribution in [2.45, 2.75) is 39.5 Å². The third-order valence-corrected chi connectivity index (χ3v) is 2.84. The van der Waals surface area contributed by atoms with E-state index < -0.39 is 0 Å². The van der Waals surface area contributed by atoms with Crippen LogP contribution in [-0.4, -0.2) is 36.6 Å². The molecule has 20 heavy (non-hydrogen) atoms. The number of hydrogen-bond donors (Lipinski definition) is 1. The van der Waals surface area contributed by atoms with E-state index in [0.717, 1.165) is 12.1 Å². The Morgan fingerprint density at radius 1 is 1.55 bits per heavy atom. The molecule has 0 aliphatic carbocycles. The van der Waals surface area contributed by atoms with E-state index >= 15 is 0 Å². The van der Waals surface area contributed by atoms with E-state index in [-0.39, 0.29) is 12.1 Å². The highest BCUT2D eigenvalue weighted by Crippen LogP contribution is 2.06. The monoisotopic (exact) mass is 278 g/mol. The highest BCUT2D eigenvalue weighted by molar-refractivity contribution is 5.66. The zero-order chi connectivity index (χ0) is 14.5. The summed E-state index contributed by atoms with van der Waals surface area (Å²) in [6.45, 7) is 4.35. The van der Waals surface area contributed by atoms with E-state index in [1.54, 1.807) is 21.6 Å². The Bertz CT molecular complexity index is 576. The van der Waals surface area contributed by atoms with E-state index in [9.17, 15) is 4.79 Å². The van der Waals surface area contributed by atoms with Crippen molar-refractivity contribution in [2.24, 2.45) is 0 Å². The number of aromatic nitrogens is 5. The molecule has 8 heteroatoms. The fraction of sp³-hybridized carbons (Fsp3) is 0.500. The third-order valence-electron chi connectivity index (χ3n) is 2.84. The Hall–Kier alpha value is -2.38. The molecule has 0 saturated heterocycles. The zero-order valence-electron chi connectivity index (χ0n) is 11.6. The van der Waals surface area contributed by atoms with Crippen LogP contribution in [0.3, 0.4) is 0 Å². The molecule has 2 aromatic rings.